The van der Waals surface area contributed by atoms with Gasteiger partial charge in [-0.2, -0.15) is 0 Å². The first-order valence-corrected chi connectivity index (χ1v) is 7.37. The summed E-state index contributed by atoms with van der Waals surface area (Å²) in [6.45, 7) is 3.19. The molecule has 1 aromatic carbocycles. The zero-order valence-corrected chi connectivity index (χ0v) is 11.7. The highest BCUT2D eigenvalue weighted by molar-refractivity contribution is 7.88. The molecule has 0 aliphatic carbocycles. The lowest BCUT2D eigenvalue weighted by molar-refractivity contribution is 0.473. The van der Waals surface area contributed by atoms with Crippen molar-refractivity contribution in [2.24, 2.45) is 0 Å². The van der Waals surface area contributed by atoms with Gasteiger partial charge in [-0.05, 0) is 26.0 Å². The van der Waals surface area contributed by atoms with Crippen molar-refractivity contribution >= 4 is 21.4 Å². The lowest BCUT2D eigenvalue weighted by Crippen LogP contribution is -2.47. The number of benzene rings is 1. The number of hydrogen-bond acceptors (Lipinski definition) is 4. The van der Waals surface area contributed by atoms with Crippen LogP contribution in [0.1, 0.15) is 13.8 Å². The highest BCUT2D eigenvalue weighted by Gasteiger charge is 2.23. The van der Waals surface area contributed by atoms with E-state index in [-0.39, 0.29) is 17.9 Å². The molecule has 0 bridgehead atoms. The third-order valence-electron chi connectivity index (χ3n) is 2.23. The largest absolute Gasteiger partial charge is 0.399 e. The van der Waals surface area contributed by atoms with Gasteiger partial charge in [0.2, 0.25) is 10.0 Å². The van der Waals surface area contributed by atoms with Crippen LogP contribution in [0.5, 0.6) is 0 Å². The summed E-state index contributed by atoms with van der Waals surface area (Å²) in [5.74, 6) is -1.65. The van der Waals surface area contributed by atoms with Gasteiger partial charge in [0.05, 0.1) is 6.26 Å². The molecule has 0 radical (unpaired) electrons. The Kier molecular flexibility index (Phi) is 4.36. The van der Waals surface area contributed by atoms with Gasteiger partial charge in [-0.1, -0.05) is 0 Å². The molecule has 8 heteroatoms. The molecule has 0 spiro atoms. The second-order valence-corrected chi connectivity index (χ2v) is 6.72. The van der Waals surface area contributed by atoms with E-state index in [0.717, 1.165) is 18.4 Å². The molecule has 0 unspecified atom stereocenters. The molecular weight excluding hydrogens is 276 g/mol. The van der Waals surface area contributed by atoms with E-state index in [1.165, 1.54) is 0 Å². The van der Waals surface area contributed by atoms with E-state index in [4.69, 9.17) is 5.73 Å². The van der Waals surface area contributed by atoms with Crippen LogP contribution in [0.2, 0.25) is 0 Å². The maximum Gasteiger partial charge on any atom is 0.209 e. The Hall–Kier alpha value is -1.41. The Morgan fingerprint density at radius 2 is 1.74 bits per heavy atom. The molecule has 0 saturated carbocycles. The average molecular weight is 293 g/mol. The number of nitrogen functional groups attached to an aromatic ring is 1. The van der Waals surface area contributed by atoms with Gasteiger partial charge in [-0.3, -0.25) is 0 Å². The first-order chi connectivity index (χ1) is 8.50. The van der Waals surface area contributed by atoms with Gasteiger partial charge in [0.25, 0.3) is 0 Å². The highest BCUT2D eigenvalue weighted by Crippen LogP contribution is 2.22. The normalized spacial score (nSPS) is 12.5. The van der Waals surface area contributed by atoms with E-state index in [9.17, 15) is 17.2 Å². The van der Waals surface area contributed by atoms with E-state index in [0.29, 0.717) is 0 Å². The number of anilines is 2. The second kappa shape index (κ2) is 5.30. The summed E-state index contributed by atoms with van der Waals surface area (Å²) >= 11 is 0. The lowest BCUT2D eigenvalue weighted by atomic mass is 10.1. The molecule has 0 atom stereocenters. The number of hydrogen-bond donors (Lipinski definition) is 3. The van der Waals surface area contributed by atoms with Crippen molar-refractivity contribution in [2.75, 3.05) is 23.9 Å². The Morgan fingerprint density at radius 1 is 1.26 bits per heavy atom. The van der Waals surface area contributed by atoms with E-state index in [1.807, 2.05) is 0 Å². The zero-order valence-electron chi connectivity index (χ0n) is 10.9. The molecule has 4 N–H and O–H groups in total. The molecule has 1 rings (SSSR count). The van der Waals surface area contributed by atoms with Gasteiger partial charge in [0.1, 0.15) is 5.69 Å². The topological polar surface area (TPSA) is 84.2 Å². The number of halogens is 2. The van der Waals surface area contributed by atoms with Crippen LogP contribution in [0, 0.1) is 11.6 Å². The van der Waals surface area contributed by atoms with Crippen LogP contribution in [-0.2, 0) is 10.0 Å². The first-order valence-electron chi connectivity index (χ1n) is 5.47. The molecule has 0 saturated heterocycles. The summed E-state index contributed by atoms with van der Waals surface area (Å²) in [5, 5.41) is 2.54. The van der Waals surface area contributed by atoms with Crippen molar-refractivity contribution < 1.29 is 17.2 Å². The molecule has 0 heterocycles. The SMILES string of the molecule is CC(C)(CNc1c(F)cc(N)cc1F)NS(C)(=O)=O. The summed E-state index contributed by atoms with van der Waals surface area (Å²) in [6.07, 6.45) is 1.01. The van der Waals surface area contributed by atoms with Gasteiger partial charge in [-0.15, -0.1) is 0 Å². The molecule has 0 fully saturated rings. The summed E-state index contributed by atoms with van der Waals surface area (Å²) in [7, 11) is -3.41. The van der Waals surface area contributed by atoms with E-state index in [1.54, 1.807) is 13.8 Å². The Bertz CT molecular complexity index is 550. The van der Waals surface area contributed by atoms with Crippen LogP contribution in [0.3, 0.4) is 0 Å². The molecule has 5 nitrogen and oxygen atoms in total. The minimum atomic E-state index is -3.41. The van der Waals surface area contributed by atoms with Crippen LogP contribution in [0.15, 0.2) is 12.1 Å². The number of nitrogens with one attached hydrogen (secondary N) is 2. The van der Waals surface area contributed by atoms with Gasteiger partial charge in [-0.25, -0.2) is 21.9 Å². The van der Waals surface area contributed by atoms with Gasteiger partial charge < -0.3 is 11.1 Å². The number of sulfonamides is 1. The summed E-state index contributed by atoms with van der Waals surface area (Å²) in [5.41, 5.74) is 4.04. The molecule has 0 aliphatic rings. The smallest absolute Gasteiger partial charge is 0.209 e. The highest BCUT2D eigenvalue weighted by atomic mass is 32.2. The second-order valence-electron chi connectivity index (χ2n) is 4.97. The Morgan fingerprint density at radius 3 is 2.16 bits per heavy atom. The fraction of sp³-hybridized carbons (Fsp3) is 0.455. The standard InChI is InChI=1S/C11H17F2N3O2S/c1-11(2,16-19(3,17)18)6-15-10-8(12)4-7(14)5-9(10)13/h4-5,15-16H,6,14H2,1-3H3. The van der Waals surface area contributed by atoms with Crippen molar-refractivity contribution in [1.29, 1.82) is 0 Å². The zero-order chi connectivity index (χ0) is 14.8. The maximum absolute atomic E-state index is 13.5. The van der Waals surface area contributed by atoms with E-state index in [2.05, 4.69) is 10.0 Å². The summed E-state index contributed by atoms with van der Waals surface area (Å²) < 4.78 is 51.6. The van der Waals surface area contributed by atoms with Crippen LogP contribution in [0.4, 0.5) is 20.2 Å². The van der Waals surface area contributed by atoms with E-state index < -0.39 is 27.2 Å². The third-order valence-corrected chi connectivity index (χ3v) is 3.16. The van der Waals surface area contributed by atoms with Crippen LogP contribution in [-0.4, -0.2) is 26.8 Å². The first kappa shape index (κ1) is 15.6. The van der Waals surface area contributed by atoms with Crippen molar-refractivity contribution in [1.82, 2.24) is 4.72 Å². The van der Waals surface area contributed by atoms with Crippen molar-refractivity contribution in [3.8, 4) is 0 Å². The molecule has 108 valence electrons. The Balaban J connectivity index is 2.83. The monoisotopic (exact) mass is 293 g/mol. The summed E-state index contributed by atoms with van der Waals surface area (Å²) in [6, 6.07) is 1.98. The van der Waals surface area contributed by atoms with Crippen LogP contribution >= 0.6 is 0 Å². The molecule has 1 aromatic rings. The predicted molar refractivity (Wildman–Crippen MR) is 71.3 cm³/mol. The van der Waals surface area contributed by atoms with Gasteiger partial charge >= 0.3 is 0 Å². The fourth-order valence-corrected chi connectivity index (χ4v) is 2.68. The molecular formula is C11H17F2N3O2S. The quantitative estimate of drug-likeness (QED) is 0.714. The van der Waals surface area contributed by atoms with Crippen molar-refractivity contribution in [2.45, 2.75) is 19.4 Å². The summed E-state index contributed by atoms with van der Waals surface area (Å²) in [4.78, 5) is 0. The average Bonchev–Trinajstić information content (AvgIpc) is 2.10. The minimum Gasteiger partial charge on any atom is -0.399 e. The molecule has 0 amide bonds. The van der Waals surface area contributed by atoms with Crippen molar-refractivity contribution in [3.63, 3.8) is 0 Å². The molecule has 19 heavy (non-hydrogen) atoms. The minimum absolute atomic E-state index is 0.0117. The molecule has 0 aliphatic heterocycles. The number of rotatable bonds is 5. The van der Waals surface area contributed by atoms with E-state index >= 15 is 0 Å². The van der Waals surface area contributed by atoms with Crippen LogP contribution in [0.25, 0.3) is 0 Å². The predicted octanol–water partition coefficient (Wildman–Crippen LogP) is 1.29. The molecule has 0 aromatic heterocycles. The number of nitrogens with two attached hydrogens (primary N) is 1. The van der Waals surface area contributed by atoms with Crippen LogP contribution < -0.4 is 15.8 Å². The fourth-order valence-electron chi connectivity index (χ4n) is 1.61. The van der Waals surface area contributed by atoms with Gasteiger partial charge in [0, 0.05) is 17.8 Å². The Labute approximate surface area is 111 Å². The maximum atomic E-state index is 13.5. The van der Waals surface area contributed by atoms with Gasteiger partial charge in [0.15, 0.2) is 11.6 Å². The lowest BCUT2D eigenvalue weighted by Gasteiger charge is -2.26. The van der Waals surface area contributed by atoms with Crippen molar-refractivity contribution in [3.05, 3.63) is 23.8 Å². The third kappa shape index (κ3) is 4.99.